The highest BCUT2D eigenvalue weighted by Gasteiger charge is 2.25. The van der Waals surface area contributed by atoms with E-state index in [2.05, 4.69) is 14.9 Å². The zero-order valence-corrected chi connectivity index (χ0v) is 19.6. The summed E-state index contributed by atoms with van der Waals surface area (Å²) < 4.78 is 52.3. The summed E-state index contributed by atoms with van der Waals surface area (Å²) in [5.74, 6) is -0.156. The van der Waals surface area contributed by atoms with Crippen LogP contribution in [-0.2, 0) is 31.1 Å². The third kappa shape index (κ3) is 4.60. The number of aromatic nitrogens is 2. The van der Waals surface area contributed by atoms with Crippen molar-refractivity contribution in [3.05, 3.63) is 60.2 Å². The Kier molecular flexibility index (Phi) is 5.93. The van der Waals surface area contributed by atoms with Crippen molar-refractivity contribution in [1.29, 1.82) is 0 Å². The summed E-state index contributed by atoms with van der Waals surface area (Å²) in [5, 5.41) is 7.67. The first-order valence-electron chi connectivity index (χ1n) is 10.2. The molecule has 2 heterocycles. The average Bonchev–Trinajstić information content (AvgIpc) is 3.23. The Balaban J connectivity index is 1.58. The Morgan fingerprint density at radius 2 is 1.82 bits per heavy atom. The number of hydrogen-bond donors (Lipinski definition) is 1. The van der Waals surface area contributed by atoms with Crippen LogP contribution < -0.4 is 9.62 Å². The SMILES string of the molecule is CCS(=O)(=O)c1ccc(-c2cccc(NS(=O)(=O)c3ccc4c(c3)CCN4C(C)=O)c2)nn1. The monoisotopic (exact) mass is 486 g/mol. The summed E-state index contributed by atoms with van der Waals surface area (Å²) in [6.07, 6.45) is 0.593. The lowest BCUT2D eigenvalue weighted by atomic mass is 10.1. The minimum absolute atomic E-state index is 0.0756. The van der Waals surface area contributed by atoms with Crippen LogP contribution >= 0.6 is 0 Å². The van der Waals surface area contributed by atoms with Crippen LogP contribution in [0.15, 0.2) is 64.5 Å². The molecule has 172 valence electrons. The van der Waals surface area contributed by atoms with Gasteiger partial charge in [-0.1, -0.05) is 19.1 Å². The van der Waals surface area contributed by atoms with Gasteiger partial charge in [0.25, 0.3) is 10.0 Å². The Hall–Kier alpha value is -3.31. The highest BCUT2D eigenvalue weighted by Crippen LogP contribution is 2.31. The fourth-order valence-electron chi connectivity index (χ4n) is 3.62. The highest BCUT2D eigenvalue weighted by atomic mass is 32.2. The molecule has 0 radical (unpaired) electrons. The maximum Gasteiger partial charge on any atom is 0.261 e. The predicted octanol–water partition coefficient (Wildman–Crippen LogP) is 2.65. The van der Waals surface area contributed by atoms with Gasteiger partial charge >= 0.3 is 0 Å². The standard InChI is InChI=1S/C22H22N4O5S2/c1-3-32(28,29)22-10-8-20(23-24-22)16-5-4-6-18(13-16)25-33(30,31)19-7-9-21-17(14-19)11-12-26(21)15(2)27/h4-10,13-14,25H,3,11-12H2,1-2H3. The van der Waals surface area contributed by atoms with Crippen molar-refractivity contribution >= 4 is 37.1 Å². The van der Waals surface area contributed by atoms with Gasteiger partial charge in [0.15, 0.2) is 14.9 Å². The summed E-state index contributed by atoms with van der Waals surface area (Å²) in [6.45, 7) is 3.54. The molecular weight excluding hydrogens is 464 g/mol. The quantitative estimate of drug-likeness (QED) is 0.567. The molecule has 0 unspecified atom stereocenters. The second-order valence-corrected chi connectivity index (χ2v) is 11.5. The van der Waals surface area contributed by atoms with E-state index in [1.54, 1.807) is 41.3 Å². The molecule has 0 saturated heterocycles. The summed E-state index contributed by atoms with van der Waals surface area (Å²) >= 11 is 0. The molecule has 0 saturated carbocycles. The molecule has 0 aliphatic carbocycles. The van der Waals surface area contributed by atoms with Gasteiger partial charge in [0.05, 0.1) is 16.3 Å². The molecule has 0 atom stereocenters. The van der Waals surface area contributed by atoms with Crippen molar-refractivity contribution in [1.82, 2.24) is 10.2 Å². The average molecular weight is 487 g/mol. The van der Waals surface area contributed by atoms with E-state index in [0.29, 0.717) is 29.9 Å². The topological polar surface area (TPSA) is 126 Å². The number of sulfone groups is 1. The van der Waals surface area contributed by atoms with E-state index in [1.165, 1.54) is 32.0 Å². The number of carbonyl (C=O) groups excluding carboxylic acids is 1. The molecule has 11 heteroatoms. The van der Waals surface area contributed by atoms with Gasteiger partial charge in [0.2, 0.25) is 5.91 Å². The molecule has 0 bridgehead atoms. The first-order chi connectivity index (χ1) is 15.6. The lowest BCUT2D eigenvalue weighted by Gasteiger charge is -2.15. The molecule has 0 fully saturated rings. The number of rotatable bonds is 6. The molecule has 1 aromatic heterocycles. The van der Waals surface area contributed by atoms with Crippen LogP contribution in [0.1, 0.15) is 19.4 Å². The zero-order valence-electron chi connectivity index (χ0n) is 18.0. The molecule has 1 amide bonds. The van der Waals surface area contributed by atoms with E-state index in [4.69, 9.17) is 0 Å². The molecule has 2 aromatic carbocycles. The second-order valence-electron chi connectivity index (χ2n) is 7.56. The smallest absolute Gasteiger partial charge is 0.261 e. The molecule has 1 aliphatic heterocycles. The summed E-state index contributed by atoms with van der Waals surface area (Å²) in [6, 6.07) is 14.2. The first kappa shape index (κ1) is 22.9. The summed E-state index contributed by atoms with van der Waals surface area (Å²) in [4.78, 5) is 13.4. The zero-order chi connectivity index (χ0) is 23.8. The Bertz CT molecular complexity index is 1440. The highest BCUT2D eigenvalue weighted by molar-refractivity contribution is 7.92. The van der Waals surface area contributed by atoms with Crippen molar-refractivity contribution in [2.45, 2.75) is 30.2 Å². The van der Waals surface area contributed by atoms with E-state index in [1.807, 2.05) is 0 Å². The van der Waals surface area contributed by atoms with Crippen LogP contribution in [-0.4, -0.2) is 45.2 Å². The van der Waals surface area contributed by atoms with Crippen LogP contribution in [0.3, 0.4) is 0 Å². The van der Waals surface area contributed by atoms with Gasteiger partial charge in [-0.3, -0.25) is 9.52 Å². The first-order valence-corrected chi connectivity index (χ1v) is 13.3. The van der Waals surface area contributed by atoms with E-state index in [9.17, 15) is 21.6 Å². The number of fused-ring (bicyclic) bond motifs is 1. The number of carbonyl (C=O) groups is 1. The van der Waals surface area contributed by atoms with E-state index in [0.717, 1.165) is 11.3 Å². The third-order valence-corrected chi connectivity index (χ3v) is 8.38. The molecule has 9 nitrogen and oxygen atoms in total. The Morgan fingerprint density at radius 1 is 1.03 bits per heavy atom. The van der Waals surface area contributed by atoms with Gasteiger partial charge in [-0.25, -0.2) is 16.8 Å². The summed E-state index contributed by atoms with van der Waals surface area (Å²) in [7, 11) is -7.33. The number of nitrogens with one attached hydrogen (secondary N) is 1. The van der Waals surface area contributed by atoms with Crippen LogP contribution in [0.25, 0.3) is 11.3 Å². The van der Waals surface area contributed by atoms with Gasteiger partial charge < -0.3 is 4.90 Å². The number of hydrogen-bond acceptors (Lipinski definition) is 7. The minimum Gasteiger partial charge on any atom is -0.312 e. The normalized spacial score (nSPS) is 13.6. The predicted molar refractivity (Wildman–Crippen MR) is 124 cm³/mol. The number of benzene rings is 2. The van der Waals surface area contributed by atoms with Gasteiger partial charge in [0.1, 0.15) is 0 Å². The van der Waals surface area contributed by atoms with E-state index < -0.39 is 19.9 Å². The van der Waals surface area contributed by atoms with Crippen molar-refractivity contribution in [2.75, 3.05) is 21.9 Å². The van der Waals surface area contributed by atoms with Crippen LogP contribution in [0.5, 0.6) is 0 Å². The molecule has 4 rings (SSSR count). The number of anilines is 2. The van der Waals surface area contributed by atoms with Crippen LogP contribution in [0, 0.1) is 0 Å². The minimum atomic E-state index is -3.87. The Morgan fingerprint density at radius 3 is 2.48 bits per heavy atom. The third-order valence-electron chi connectivity index (χ3n) is 5.39. The number of sulfonamides is 1. The molecule has 1 N–H and O–H groups in total. The van der Waals surface area contributed by atoms with Crippen molar-refractivity contribution in [3.8, 4) is 11.3 Å². The van der Waals surface area contributed by atoms with Gasteiger partial charge in [-0.2, -0.15) is 0 Å². The molecule has 33 heavy (non-hydrogen) atoms. The van der Waals surface area contributed by atoms with Crippen molar-refractivity contribution < 1.29 is 21.6 Å². The summed E-state index contributed by atoms with van der Waals surface area (Å²) in [5.41, 5.74) is 2.85. The molecule has 0 spiro atoms. The van der Waals surface area contributed by atoms with Gasteiger partial charge in [-0.05, 0) is 54.4 Å². The van der Waals surface area contributed by atoms with Crippen molar-refractivity contribution in [2.24, 2.45) is 0 Å². The van der Waals surface area contributed by atoms with Gasteiger partial charge in [-0.15, -0.1) is 10.2 Å². The molecular formula is C22H22N4O5S2. The largest absolute Gasteiger partial charge is 0.312 e. The molecule has 3 aromatic rings. The van der Waals surface area contributed by atoms with Crippen molar-refractivity contribution in [3.63, 3.8) is 0 Å². The van der Waals surface area contributed by atoms with Crippen LogP contribution in [0.2, 0.25) is 0 Å². The van der Waals surface area contributed by atoms with E-state index in [-0.39, 0.29) is 21.6 Å². The maximum atomic E-state index is 13.0. The maximum absolute atomic E-state index is 13.0. The lowest BCUT2D eigenvalue weighted by molar-refractivity contribution is -0.116. The Labute approximate surface area is 192 Å². The lowest BCUT2D eigenvalue weighted by Crippen LogP contribution is -2.25. The number of amides is 1. The fraction of sp³-hybridized carbons (Fsp3) is 0.227. The number of nitrogens with zero attached hydrogens (tertiary/aromatic N) is 3. The second kappa shape index (κ2) is 8.56. The van der Waals surface area contributed by atoms with Crippen LogP contribution in [0.4, 0.5) is 11.4 Å². The van der Waals surface area contributed by atoms with Gasteiger partial charge in [0, 0.05) is 30.4 Å². The fourth-order valence-corrected chi connectivity index (χ4v) is 5.45. The molecule has 1 aliphatic rings. The van der Waals surface area contributed by atoms with E-state index >= 15 is 0 Å².